The van der Waals surface area contributed by atoms with Crippen molar-refractivity contribution in [2.24, 2.45) is 0 Å². The van der Waals surface area contributed by atoms with Crippen LogP contribution in [0.3, 0.4) is 0 Å². The Morgan fingerprint density at radius 1 is 1.37 bits per heavy atom. The van der Waals surface area contributed by atoms with E-state index in [0.717, 1.165) is 6.07 Å². The second-order valence-electron chi connectivity index (χ2n) is 3.54. The average Bonchev–Trinajstić information content (AvgIpc) is 2.34. The fraction of sp³-hybridized carbons (Fsp3) is 0.400. The number of hydrogen-bond acceptors (Lipinski definition) is 3. The Hall–Kier alpha value is -1.77. The molecule has 0 spiro atoms. The van der Waals surface area contributed by atoms with Crippen molar-refractivity contribution in [3.63, 3.8) is 0 Å². The summed E-state index contributed by atoms with van der Waals surface area (Å²) in [5, 5.41) is 10.7. The van der Waals surface area contributed by atoms with Gasteiger partial charge in [-0.15, -0.1) is 0 Å². The third-order valence-corrected chi connectivity index (χ3v) is 2.09. The lowest BCUT2D eigenvalue weighted by Crippen LogP contribution is -2.36. The van der Waals surface area contributed by atoms with Crippen LogP contribution in [0.4, 0.5) is 22.0 Å². The number of carbonyl (C=O) groups excluding carboxylic acids is 1. The van der Waals surface area contributed by atoms with E-state index < -0.39 is 36.7 Å². The number of halogens is 5. The van der Waals surface area contributed by atoms with Crippen LogP contribution in [0, 0.1) is 0 Å². The monoisotopic (exact) mass is 284 g/mol. The molecule has 2 N–H and O–H groups in total. The van der Waals surface area contributed by atoms with E-state index in [2.05, 4.69) is 4.98 Å². The molecule has 0 saturated heterocycles. The Kier molecular flexibility index (Phi) is 4.76. The molecular weight excluding hydrogens is 275 g/mol. The van der Waals surface area contributed by atoms with Crippen LogP contribution in [-0.2, 0) is 6.18 Å². The summed E-state index contributed by atoms with van der Waals surface area (Å²) < 4.78 is 60.5. The van der Waals surface area contributed by atoms with Gasteiger partial charge in [0, 0.05) is 12.7 Å². The van der Waals surface area contributed by atoms with Crippen molar-refractivity contribution in [2.45, 2.75) is 18.7 Å². The number of rotatable bonds is 4. The van der Waals surface area contributed by atoms with Gasteiger partial charge >= 0.3 is 6.18 Å². The van der Waals surface area contributed by atoms with Gasteiger partial charge in [-0.25, -0.2) is 8.78 Å². The summed E-state index contributed by atoms with van der Waals surface area (Å²) in [7, 11) is 0. The van der Waals surface area contributed by atoms with Crippen molar-refractivity contribution >= 4 is 5.91 Å². The number of nitrogens with one attached hydrogen (secondary N) is 1. The average molecular weight is 284 g/mol. The number of aliphatic hydroxyl groups excluding tert-OH is 1. The van der Waals surface area contributed by atoms with Gasteiger partial charge < -0.3 is 10.4 Å². The normalized spacial score (nSPS) is 13.4. The number of aliphatic hydroxyl groups is 1. The summed E-state index contributed by atoms with van der Waals surface area (Å²) in [4.78, 5) is 14.6. The third kappa shape index (κ3) is 4.43. The maximum absolute atomic E-state index is 12.2. The molecule has 0 fully saturated rings. The summed E-state index contributed by atoms with van der Waals surface area (Å²) >= 11 is 0. The van der Waals surface area contributed by atoms with Crippen molar-refractivity contribution < 1.29 is 31.9 Å². The highest BCUT2D eigenvalue weighted by atomic mass is 19.4. The van der Waals surface area contributed by atoms with Crippen LogP contribution in [0.15, 0.2) is 18.3 Å². The first-order valence-electron chi connectivity index (χ1n) is 4.99. The van der Waals surface area contributed by atoms with Gasteiger partial charge in [-0.1, -0.05) is 0 Å². The first-order valence-corrected chi connectivity index (χ1v) is 4.99. The van der Waals surface area contributed by atoms with Gasteiger partial charge in [0.05, 0.1) is 5.56 Å². The zero-order valence-electron chi connectivity index (χ0n) is 9.29. The Morgan fingerprint density at radius 2 is 2.00 bits per heavy atom. The molecule has 0 aromatic carbocycles. The maximum atomic E-state index is 12.2. The molecule has 106 valence electrons. The van der Waals surface area contributed by atoms with E-state index >= 15 is 0 Å². The van der Waals surface area contributed by atoms with E-state index in [1.54, 1.807) is 0 Å². The van der Waals surface area contributed by atoms with Crippen LogP contribution in [0.5, 0.6) is 0 Å². The van der Waals surface area contributed by atoms with Gasteiger partial charge in [0.15, 0.2) is 0 Å². The van der Waals surface area contributed by atoms with Crippen LogP contribution in [0.2, 0.25) is 0 Å². The minimum absolute atomic E-state index is 0.366. The van der Waals surface area contributed by atoms with Crippen LogP contribution in [0.1, 0.15) is 16.1 Å². The lowest BCUT2D eigenvalue weighted by Gasteiger charge is -2.10. The van der Waals surface area contributed by atoms with Gasteiger partial charge in [-0.2, -0.15) is 13.2 Å². The molecule has 1 atom stereocenters. The van der Waals surface area contributed by atoms with Crippen LogP contribution >= 0.6 is 0 Å². The van der Waals surface area contributed by atoms with Gasteiger partial charge in [0.25, 0.3) is 12.3 Å². The molecule has 0 saturated carbocycles. The van der Waals surface area contributed by atoms with E-state index in [4.69, 9.17) is 5.11 Å². The van der Waals surface area contributed by atoms with E-state index in [1.165, 1.54) is 0 Å². The zero-order chi connectivity index (χ0) is 14.6. The van der Waals surface area contributed by atoms with E-state index in [-0.39, 0.29) is 5.69 Å². The number of hydrogen-bond donors (Lipinski definition) is 2. The molecule has 4 nitrogen and oxygen atoms in total. The summed E-state index contributed by atoms with van der Waals surface area (Å²) in [6, 6.07) is 1.46. The van der Waals surface area contributed by atoms with E-state index in [1.807, 2.05) is 5.32 Å². The Bertz CT molecular complexity index is 433. The molecule has 1 heterocycles. The van der Waals surface area contributed by atoms with Gasteiger partial charge in [-0.05, 0) is 12.1 Å². The zero-order valence-corrected chi connectivity index (χ0v) is 9.29. The lowest BCUT2D eigenvalue weighted by molar-refractivity contribution is -0.137. The third-order valence-electron chi connectivity index (χ3n) is 2.09. The van der Waals surface area contributed by atoms with E-state index in [0.29, 0.717) is 12.3 Å². The van der Waals surface area contributed by atoms with Crippen LogP contribution in [0.25, 0.3) is 0 Å². The summed E-state index contributed by atoms with van der Waals surface area (Å²) in [6.07, 6.45) is -9.19. The smallest absolute Gasteiger partial charge is 0.385 e. The Balaban J connectivity index is 2.64. The number of alkyl halides is 5. The molecule has 0 aliphatic carbocycles. The molecule has 1 rings (SSSR count). The highest BCUT2D eigenvalue weighted by molar-refractivity contribution is 5.92. The molecule has 0 aliphatic rings. The van der Waals surface area contributed by atoms with Gasteiger partial charge in [0.1, 0.15) is 11.8 Å². The highest BCUT2D eigenvalue weighted by Crippen LogP contribution is 2.28. The largest absolute Gasteiger partial charge is 0.417 e. The summed E-state index contributed by atoms with van der Waals surface area (Å²) in [6.45, 7) is -0.723. The molecule has 1 amide bonds. The molecular formula is C10H9F5N2O2. The quantitative estimate of drug-likeness (QED) is 0.823. The number of aromatic nitrogens is 1. The summed E-state index contributed by atoms with van der Waals surface area (Å²) in [5.74, 6) is -0.951. The number of nitrogens with zero attached hydrogens (tertiary/aromatic N) is 1. The predicted molar refractivity (Wildman–Crippen MR) is 53.6 cm³/mol. The van der Waals surface area contributed by atoms with E-state index in [9.17, 15) is 26.7 Å². The molecule has 9 heteroatoms. The van der Waals surface area contributed by atoms with Crippen LogP contribution in [-0.4, -0.2) is 35.1 Å². The molecule has 19 heavy (non-hydrogen) atoms. The number of pyridine rings is 1. The van der Waals surface area contributed by atoms with Gasteiger partial charge in [0.2, 0.25) is 0 Å². The maximum Gasteiger partial charge on any atom is 0.417 e. The van der Waals surface area contributed by atoms with Crippen LogP contribution < -0.4 is 5.32 Å². The predicted octanol–water partition coefficient (Wildman–Crippen LogP) is 1.46. The number of carbonyl (C=O) groups is 1. The molecule has 1 aromatic rings. The minimum Gasteiger partial charge on any atom is -0.385 e. The standard InChI is InChI=1S/C10H9F5N2O2/c11-8(12)7(18)4-17-9(19)6-2-1-5(3-16-6)10(13,14)15/h1-3,7-8,18H,4H2,(H,17,19). The topological polar surface area (TPSA) is 62.2 Å². The molecule has 1 unspecified atom stereocenters. The molecule has 1 aromatic heterocycles. The minimum atomic E-state index is -4.58. The van der Waals surface area contributed by atoms with Crippen molar-refractivity contribution in [3.05, 3.63) is 29.6 Å². The second-order valence-corrected chi connectivity index (χ2v) is 3.54. The lowest BCUT2D eigenvalue weighted by atomic mass is 10.2. The highest BCUT2D eigenvalue weighted by Gasteiger charge is 2.31. The van der Waals surface area contributed by atoms with Gasteiger partial charge in [-0.3, -0.25) is 9.78 Å². The molecule has 0 bridgehead atoms. The fourth-order valence-corrected chi connectivity index (χ4v) is 1.07. The Labute approximate surface area is 104 Å². The van der Waals surface area contributed by atoms with Crippen molar-refractivity contribution in [3.8, 4) is 0 Å². The van der Waals surface area contributed by atoms with Crippen molar-refractivity contribution in [2.75, 3.05) is 6.54 Å². The Morgan fingerprint density at radius 3 is 2.42 bits per heavy atom. The first kappa shape index (κ1) is 15.3. The molecule has 0 radical (unpaired) electrons. The van der Waals surface area contributed by atoms with Crippen molar-refractivity contribution in [1.82, 2.24) is 10.3 Å². The fourth-order valence-electron chi connectivity index (χ4n) is 1.07. The summed E-state index contributed by atoms with van der Waals surface area (Å²) in [5.41, 5.74) is -1.40. The number of amides is 1. The second kappa shape index (κ2) is 5.91. The molecule has 0 aliphatic heterocycles. The SMILES string of the molecule is O=C(NCC(O)C(F)F)c1ccc(C(F)(F)F)cn1. The first-order chi connectivity index (χ1) is 8.71. The van der Waals surface area contributed by atoms with Crippen molar-refractivity contribution in [1.29, 1.82) is 0 Å².